The molecule has 6 nitrogen and oxygen atoms in total. The molecule has 2 aromatic rings. The van der Waals surface area contributed by atoms with Gasteiger partial charge in [0, 0.05) is 17.7 Å². The van der Waals surface area contributed by atoms with Crippen molar-refractivity contribution in [2.45, 2.75) is 18.4 Å². The lowest BCUT2D eigenvalue weighted by atomic mass is 9.99. The van der Waals surface area contributed by atoms with Crippen LogP contribution >= 0.6 is 0 Å². The summed E-state index contributed by atoms with van der Waals surface area (Å²) in [5.74, 6) is 0.434. The molecule has 1 heterocycles. The standard InChI is InChI=1S/C21H23N3O3/c1-22-12-7-13-26-24-19-16-10-5-6-11-18(16)27-21(14-17(19)21)20(25)23-15-8-3-2-4-9-15/h2-6,8-11,17,22H,7,12-14H2,1H3,(H,23,25). The highest BCUT2D eigenvalue weighted by Gasteiger charge is 2.68. The summed E-state index contributed by atoms with van der Waals surface area (Å²) in [5, 5.41) is 10.4. The average Bonchev–Trinajstić information content (AvgIpc) is 3.43. The topological polar surface area (TPSA) is 71.9 Å². The number of hydrogen-bond acceptors (Lipinski definition) is 5. The molecule has 2 aliphatic rings. The molecule has 0 radical (unpaired) electrons. The Kier molecular flexibility index (Phi) is 4.81. The second kappa shape index (κ2) is 7.40. The monoisotopic (exact) mass is 365 g/mol. The first-order valence-corrected chi connectivity index (χ1v) is 9.24. The van der Waals surface area contributed by atoms with E-state index in [0.717, 1.165) is 29.9 Å². The molecule has 2 unspecified atom stereocenters. The molecule has 0 spiro atoms. The third kappa shape index (κ3) is 3.40. The van der Waals surface area contributed by atoms with Gasteiger partial charge < -0.3 is 20.2 Å². The molecule has 2 N–H and O–H groups in total. The van der Waals surface area contributed by atoms with Crippen LogP contribution in [-0.4, -0.2) is 37.4 Å². The van der Waals surface area contributed by atoms with E-state index in [9.17, 15) is 4.79 Å². The highest BCUT2D eigenvalue weighted by atomic mass is 16.6. The van der Waals surface area contributed by atoms with E-state index in [4.69, 9.17) is 9.57 Å². The Morgan fingerprint density at radius 1 is 1.22 bits per heavy atom. The summed E-state index contributed by atoms with van der Waals surface area (Å²) in [7, 11) is 1.91. The van der Waals surface area contributed by atoms with Crippen LogP contribution in [0.25, 0.3) is 0 Å². The molecule has 27 heavy (non-hydrogen) atoms. The molecule has 1 aliphatic carbocycles. The molecule has 6 heteroatoms. The van der Waals surface area contributed by atoms with Crippen LogP contribution in [0.15, 0.2) is 59.8 Å². The van der Waals surface area contributed by atoms with Crippen LogP contribution in [0, 0.1) is 5.92 Å². The smallest absolute Gasteiger partial charge is 0.269 e. The summed E-state index contributed by atoms with van der Waals surface area (Å²) >= 11 is 0. The van der Waals surface area contributed by atoms with Crippen molar-refractivity contribution >= 4 is 17.3 Å². The molecule has 1 fully saturated rings. The molecule has 140 valence electrons. The Hall–Kier alpha value is -2.86. The van der Waals surface area contributed by atoms with Gasteiger partial charge in [-0.05, 0) is 44.3 Å². The second-order valence-electron chi connectivity index (χ2n) is 6.83. The number of nitrogens with one attached hydrogen (secondary N) is 2. The zero-order chi connectivity index (χ0) is 18.7. The first-order chi connectivity index (χ1) is 13.2. The zero-order valence-corrected chi connectivity index (χ0v) is 15.3. The zero-order valence-electron chi connectivity index (χ0n) is 15.3. The van der Waals surface area contributed by atoms with Gasteiger partial charge in [0.1, 0.15) is 12.4 Å². The fourth-order valence-electron chi connectivity index (χ4n) is 3.42. The first kappa shape index (κ1) is 17.5. The van der Waals surface area contributed by atoms with E-state index in [1.54, 1.807) is 0 Å². The quantitative estimate of drug-likeness (QED) is 0.585. The van der Waals surface area contributed by atoms with Crippen LogP contribution in [0.4, 0.5) is 5.69 Å². The predicted octanol–water partition coefficient (Wildman–Crippen LogP) is 2.81. The van der Waals surface area contributed by atoms with Crippen molar-refractivity contribution < 1.29 is 14.4 Å². The number of anilines is 1. The maximum atomic E-state index is 13.0. The van der Waals surface area contributed by atoms with Gasteiger partial charge in [-0.3, -0.25) is 4.79 Å². The Morgan fingerprint density at radius 3 is 2.81 bits per heavy atom. The molecule has 0 saturated heterocycles. The fraction of sp³-hybridized carbons (Fsp3) is 0.333. The van der Waals surface area contributed by atoms with Gasteiger partial charge >= 0.3 is 0 Å². The van der Waals surface area contributed by atoms with Crippen molar-refractivity contribution in [1.29, 1.82) is 0 Å². The number of nitrogens with zero attached hydrogens (tertiary/aromatic N) is 1. The first-order valence-electron chi connectivity index (χ1n) is 9.24. The van der Waals surface area contributed by atoms with Crippen LogP contribution in [0.5, 0.6) is 5.75 Å². The van der Waals surface area contributed by atoms with Crippen molar-refractivity contribution in [2.75, 3.05) is 25.5 Å². The van der Waals surface area contributed by atoms with Crippen LogP contribution in [0.3, 0.4) is 0 Å². The summed E-state index contributed by atoms with van der Waals surface area (Å²) in [6, 6.07) is 17.1. The summed E-state index contributed by atoms with van der Waals surface area (Å²) in [6.07, 6.45) is 1.47. The van der Waals surface area contributed by atoms with E-state index in [1.807, 2.05) is 61.6 Å². The largest absolute Gasteiger partial charge is 0.476 e. The number of ether oxygens (including phenoxy) is 1. The van der Waals surface area contributed by atoms with Gasteiger partial charge in [0.15, 0.2) is 5.60 Å². The third-order valence-electron chi connectivity index (χ3n) is 4.94. The van der Waals surface area contributed by atoms with Gasteiger partial charge in [0.2, 0.25) is 0 Å². The Morgan fingerprint density at radius 2 is 2.00 bits per heavy atom. The molecular weight excluding hydrogens is 342 g/mol. The summed E-state index contributed by atoms with van der Waals surface area (Å²) in [4.78, 5) is 18.5. The number of para-hydroxylation sites is 2. The number of fused-ring (bicyclic) bond motifs is 2. The van der Waals surface area contributed by atoms with Crippen molar-refractivity contribution in [3.8, 4) is 5.75 Å². The van der Waals surface area contributed by atoms with Crippen molar-refractivity contribution in [3.63, 3.8) is 0 Å². The van der Waals surface area contributed by atoms with Gasteiger partial charge in [-0.15, -0.1) is 0 Å². The molecule has 1 aliphatic heterocycles. The third-order valence-corrected chi connectivity index (χ3v) is 4.94. The minimum Gasteiger partial charge on any atom is -0.476 e. The Bertz CT molecular complexity index is 853. The molecule has 1 amide bonds. The number of carbonyl (C=O) groups excluding carboxylic acids is 1. The Labute approximate surface area is 158 Å². The van der Waals surface area contributed by atoms with Crippen LogP contribution < -0.4 is 15.4 Å². The second-order valence-corrected chi connectivity index (χ2v) is 6.83. The highest BCUT2D eigenvalue weighted by molar-refractivity contribution is 6.15. The maximum absolute atomic E-state index is 13.0. The number of amides is 1. The van der Waals surface area contributed by atoms with Gasteiger partial charge in [-0.25, -0.2) is 0 Å². The van der Waals surface area contributed by atoms with E-state index in [-0.39, 0.29) is 11.8 Å². The maximum Gasteiger partial charge on any atom is 0.269 e. The van der Waals surface area contributed by atoms with Crippen LogP contribution in [-0.2, 0) is 9.63 Å². The minimum absolute atomic E-state index is 0.0968. The van der Waals surface area contributed by atoms with Crippen LogP contribution in [0.1, 0.15) is 18.4 Å². The Balaban J connectivity index is 1.55. The van der Waals surface area contributed by atoms with E-state index in [1.165, 1.54) is 0 Å². The lowest BCUT2D eigenvalue weighted by Gasteiger charge is -2.26. The van der Waals surface area contributed by atoms with E-state index in [0.29, 0.717) is 18.8 Å². The summed E-state index contributed by atoms with van der Waals surface area (Å²) in [6.45, 7) is 1.40. The summed E-state index contributed by atoms with van der Waals surface area (Å²) < 4.78 is 6.14. The normalized spacial score (nSPS) is 23.7. The molecular formula is C21H23N3O3. The number of rotatable bonds is 7. The lowest BCUT2D eigenvalue weighted by Crippen LogP contribution is -2.41. The molecule has 0 bridgehead atoms. The summed E-state index contributed by atoms with van der Waals surface area (Å²) in [5.41, 5.74) is 1.55. The molecule has 2 atom stereocenters. The van der Waals surface area contributed by atoms with Crippen molar-refractivity contribution in [2.24, 2.45) is 11.1 Å². The molecule has 4 rings (SSSR count). The van der Waals surface area contributed by atoms with E-state index >= 15 is 0 Å². The molecule has 2 aromatic carbocycles. The van der Waals surface area contributed by atoms with Crippen molar-refractivity contribution in [3.05, 3.63) is 60.2 Å². The number of hydrogen-bond donors (Lipinski definition) is 2. The van der Waals surface area contributed by atoms with Gasteiger partial charge in [0.25, 0.3) is 5.91 Å². The van der Waals surface area contributed by atoms with Gasteiger partial charge in [-0.1, -0.05) is 35.5 Å². The number of carbonyl (C=O) groups is 1. The van der Waals surface area contributed by atoms with E-state index < -0.39 is 5.60 Å². The molecule has 0 aromatic heterocycles. The molecule has 1 saturated carbocycles. The number of benzene rings is 2. The van der Waals surface area contributed by atoms with Crippen LogP contribution in [0.2, 0.25) is 0 Å². The SMILES string of the molecule is CNCCCON=C1c2ccccc2OC2(C(=O)Nc3ccccc3)CC12. The minimum atomic E-state index is -0.905. The van der Waals surface area contributed by atoms with E-state index in [2.05, 4.69) is 15.8 Å². The number of oxime groups is 1. The predicted molar refractivity (Wildman–Crippen MR) is 104 cm³/mol. The van der Waals surface area contributed by atoms with Gasteiger partial charge in [-0.2, -0.15) is 0 Å². The average molecular weight is 365 g/mol. The fourth-order valence-corrected chi connectivity index (χ4v) is 3.42. The highest BCUT2D eigenvalue weighted by Crippen LogP contribution is 2.54. The van der Waals surface area contributed by atoms with Crippen molar-refractivity contribution in [1.82, 2.24) is 5.32 Å². The lowest BCUT2D eigenvalue weighted by molar-refractivity contribution is -0.125. The van der Waals surface area contributed by atoms with Gasteiger partial charge in [0.05, 0.1) is 11.6 Å².